The molecule has 0 saturated carbocycles. The van der Waals surface area contributed by atoms with Crippen molar-refractivity contribution in [1.82, 2.24) is 30.4 Å². The van der Waals surface area contributed by atoms with Crippen LogP contribution in [0.15, 0.2) is 64.7 Å². The average molecular weight is 499 g/mol. The number of hydrogen-bond acceptors (Lipinski definition) is 8. The van der Waals surface area contributed by atoms with Crippen LogP contribution in [-0.2, 0) is 16.1 Å². The van der Waals surface area contributed by atoms with E-state index >= 15 is 0 Å². The van der Waals surface area contributed by atoms with Crippen molar-refractivity contribution in [2.24, 2.45) is 0 Å². The number of tetrazole rings is 1. The molecule has 4 rings (SSSR count). The first-order valence-corrected chi connectivity index (χ1v) is 12.0. The van der Waals surface area contributed by atoms with E-state index in [0.717, 1.165) is 22.2 Å². The third-order valence-electron chi connectivity index (χ3n) is 4.73. The van der Waals surface area contributed by atoms with Crippen LogP contribution in [0.1, 0.15) is 11.1 Å². The van der Waals surface area contributed by atoms with Crippen LogP contribution in [0.4, 0.5) is 9.18 Å². The van der Waals surface area contributed by atoms with Crippen LogP contribution in [0.25, 0.3) is 6.08 Å². The summed E-state index contributed by atoms with van der Waals surface area (Å²) in [4.78, 5) is 38.1. The number of amides is 3. The summed E-state index contributed by atoms with van der Waals surface area (Å²) >= 11 is 1.93. The molecule has 2 aromatic carbocycles. The Kier molecular flexibility index (Phi) is 7.70. The molecule has 1 aliphatic rings. The third-order valence-corrected chi connectivity index (χ3v) is 6.59. The van der Waals surface area contributed by atoms with Crippen LogP contribution in [0.3, 0.4) is 0 Å². The number of thioether (sulfide) groups is 2. The Morgan fingerprint density at radius 2 is 1.88 bits per heavy atom. The molecular weight excluding hydrogens is 479 g/mol. The van der Waals surface area contributed by atoms with Crippen molar-refractivity contribution in [3.05, 3.63) is 76.4 Å². The molecule has 1 aliphatic heterocycles. The van der Waals surface area contributed by atoms with Gasteiger partial charge < -0.3 is 5.32 Å². The number of nitrogens with zero attached hydrogens (tertiary/aromatic N) is 5. The molecule has 3 amide bonds. The maximum Gasteiger partial charge on any atom is 0.293 e. The molecule has 0 atom stereocenters. The van der Waals surface area contributed by atoms with Gasteiger partial charge in [0, 0.05) is 18.7 Å². The summed E-state index contributed by atoms with van der Waals surface area (Å²) in [6.07, 6.45) is 1.36. The van der Waals surface area contributed by atoms with Gasteiger partial charge >= 0.3 is 0 Å². The number of imide groups is 1. The molecule has 34 heavy (non-hydrogen) atoms. The lowest BCUT2D eigenvalue weighted by Crippen LogP contribution is -2.37. The van der Waals surface area contributed by atoms with E-state index in [1.165, 1.54) is 30.0 Å². The fourth-order valence-electron chi connectivity index (χ4n) is 3.07. The standard InChI is InChI=1S/C22H19FN6O3S2/c23-17-9-5-4-8-16(17)12-18-20(31)28(22(32)34-18)11-10-24-19(30)14-33-21-25-26-27-29(21)13-15-6-2-1-3-7-15/h1-9,12H,10-11,13-14H2,(H,24,30)/b18-12-. The van der Waals surface area contributed by atoms with E-state index < -0.39 is 17.0 Å². The van der Waals surface area contributed by atoms with Crippen molar-refractivity contribution in [2.45, 2.75) is 11.7 Å². The molecule has 3 aromatic rings. The summed E-state index contributed by atoms with van der Waals surface area (Å²) in [5, 5.41) is 14.3. The lowest BCUT2D eigenvalue weighted by atomic mass is 10.2. The minimum atomic E-state index is -0.512. The molecule has 0 spiro atoms. The van der Waals surface area contributed by atoms with Crippen molar-refractivity contribution in [3.63, 3.8) is 0 Å². The van der Waals surface area contributed by atoms with Crippen LogP contribution in [0, 0.1) is 5.82 Å². The van der Waals surface area contributed by atoms with Gasteiger partial charge in [-0.3, -0.25) is 19.3 Å². The second-order valence-electron chi connectivity index (χ2n) is 7.10. The van der Waals surface area contributed by atoms with E-state index in [9.17, 15) is 18.8 Å². The van der Waals surface area contributed by atoms with Crippen LogP contribution in [-0.4, -0.2) is 61.0 Å². The first-order chi connectivity index (χ1) is 16.5. The molecule has 0 aliphatic carbocycles. The normalized spacial score (nSPS) is 14.7. The third kappa shape index (κ3) is 5.88. The molecule has 12 heteroatoms. The summed E-state index contributed by atoms with van der Waals surface area (Å²) in [6.45, 7) is 0.595. The highest BCUT2D eigenvalue weighted by molar-refractivity contribution is 8.18. The van der Waals surface area contributed by atoms with Gasteiger partial charge in [-0.1, -0.05) is 60.3 Å². The van der Waals surface area contributed by atoms with Gasteiger partial charge in [-0.05, 0) is 39.9 Å². The van der Waals surface area contributed by atoms with Gasteiger partial charge in [-0.25, -0.2) is 9.07 Å². The molecule has 1 aromatic heterocycles. The maximum absolute atomic E-state index is 13.8. The lowest BCUT2D eigenvalue weighted by Gasteiger charge is -2.12. The minimum Gasteiger partial charge on any atom is -0.354 e. The molecule has 1 N–H and O–H groups in total. The largest absolute Gasteiger partial charge is 0.354 e. The quantitative estimate of drug-likeness (QED) is 0.354. The molecule has 0 bridgehead atoms. The molecule has 174 valence electrons. The Balaban J connectivity index is 1.25. The monoisotopic (exact) mass is 498 g/mol. The van der Waals surface area contributed by atoms with Crippen molar-refractivity contribution in [3.8, 4) is 0 Å². The second kappa shape index (κ2) is 11.1. The fourth-order valence-corrected chi connectivity index (χ4v) is 4.63. The van der Waals surface area contributed by atoms with Gasteiger partial charge in [-0.2, -0.15) is 0 Å². The zero-order valence-corrected chi connectivity index (χ0v) is 19.4. The first-order valence-electron chi connectivity index (χ1n) is 10.2. The molecule has 1 saturated heterocycles. The molecule has 0 unspecified atom stereocenters. The van der Waals surface area contributed by atoms with Gasteiger partial charge in [0.25, 0.3) is 11.1 Å². The topological polar surface area (TPSA) is 110 Å². The Bertz CT molecular complexity index is 1230. The summed E-state index contributed by atoms with van der Waals surface area (Å²) in [5.41, 5.74) is 1.26. The summed E-state index contributed by atoms with van der Waals surface area (Å²) in [6, 6.07) is 15.7. The summed E-state index contributed by atoms with van der Waals surface area (Å²) in [7, 11) is 0. The number of benzene rings is 2. The van der Waals surface area contributed by atoms with Gasteiger partial charge in [0.1, 0.15) is 5.82 Å². The predicted molar refractivity (Wildman–Crippen MR) is 126 cm³/mol. The molecule has 9 nitrogen and oxygen atoms in total. The number of nitrogens with one attached hydrogen (secondary N) is 1. The number of carbonyl (C=O) groups excluding carboxylic acids is 3. The number of aromatic nitrogens is 4. The zero-order chi connectivity index (χ0) is 23.9. The smallest absolute Gasteiger partial charge is 0.293 e. The van der Waals surface area contributed by atoms with Crippen LogP contribution < -0.4 is 5.32 Å². The van der Waals surface area contributed by atoms with Gasteiger partial charge in [0.15, 0.2) is 0 Å². The van der Waals surface area contributed by atoms with Crippen molar-refractivity contribution >= 4 is 46.7 Å². The zero-order valence-electron chi connectivity index (χ0n) is 17.8. The Hall–Kier alpha value is -3.51. The van der Waals surface area contributed by atoms with Crippen molar-refractivity contribution < 1.29 is 18.8 Å². The Morgan fingerprint density at radius 3 is 2.68 bits per heavy atom. The Morgan fingerprint density at radius 1 is 1.12 bits per heavy atom. The number of halogens is 1. The van der Waals surface area contributed by atoms with Gasteiger partial charge in [0.05, 0.1) is 17.2 Å². The summed E-state index contributed by atoms with van der Waals surface area (Å²) < 4.78 is 15.4. The highest BCUT2D eigenvalue weighted by Crippen LogP contribution is 2.32. The van der Waals surface area contributed by atoms with Crippen LogP contribution >= 0.6 is 23.5 Å². The second-order valence-corrected chi connectivity index (χ2v) is 9.03. The molecule has 2 heterocycles. The van der Waals surface area contributed by atoms with Crippen molar-refractivity contribution in [2.75, 3.05) is 18.8 Å². The SMILES string of the molecule is O=C(CSc1nnnn1Cc1ccccc1)NCCN1C(=O)S/C(=C\c2ccccc2F)C1=O. The van der Waals surface area contributed by atoms with E-state index in [4.69, 9.17) is 0 Å². The highest BCUT2D eigenvalue weighted by atomic mass is 32.2. The molecule has 0 radical (unpaired) electrons. The van der Waals surface area contributed by atoms with E-state index in [-0.39, 0.29) is 35.2 Å². The maximum atomic E-state index is 13.8. The lowest BCUT2D eigenvalue weighted by molar-refractivity contribution is -0.123. The number of hydrogen-bond donors (Lipinski definition) is 1. The number of rotatable bonds is 9. The van der Waals surface area contributed by atoms with E-state index in [0.29, 0.717) is 11.7 Å². The Labute approximate surface area is 202 Å². The summed E-state index contributed by atoms with van der Waals surface area (Å²) in [5.74, 6) is -1.20. The van der Waals surface area contributed by atoms with Gasteiger partial charge in [0.2, 0.25) is 11.1 Å². The van der Waals surface area contributed by atoms with Crippen molar-refractivity contribution in [1.29, 1.82) is 0 Å². The van der Waals surface area contributed by atoms with E-state index in [2.05, 4.69) is 20.8 Å². The molecule has 1 fully saturated rings. The first kappa shape index (κ1) is 23.6. The fraction of sp³-hybridized carbons (Fsp3) is 0.182. The van der Waals surface area contributed by atoms with Crippen LogP contribution in [0.5, 0.6) is 0 Å². The van der Waals surface area contributed by atoms with Crippen LogP contribution in [0.2, 0.25) is 0 Å². The van der Waals surface area contributed by atoms with E-state index in [1.807, 2.05) is 30.3 Å². The number of carbonyl (C=O) groups is 3. The molecular formula is C22H19FN6O3S2. The van der Waals surface area contributed by atoms with E-state index in [1.54, 1.807) is 16.8 Å². The predicted octanol–water partition coefficient (Wildman–Crippen LogP) is 2.81. The van der Waals surface area contributed by atoms with Gasteiger partial charge in [-0.15, -0.1) is 5.10 Å². The minimum absolute atomic E-state index is 0.0153. The average Bonchev–Trinajstić information content (AvgIpc) is 3.38. The highest BCUT2D eigenvalue weighted by Gasteiger charge is 2.34.